The van der Waals surface area contributed by atoms with Crippen LogP contribution >= 0.6 is 11.6 Å². The Morgan fingerprint density at radius 1 is 1.03 bits per heavy atom. The summed E-state index contributed by atoms with van der Waals surface area (Å²) in [7, 11) is 0. The smallest absolute Gasteiger partial charge is 0.312 e. The van der Waals surface area contributed by atoms with Crippen LogP contribution < -0.4 is 27.4 Å². The molecule has 0 saturated carbocycles. The molecule has 0 aliphatic carbocycles. The average molecular weight is 492 g/mol. The van der Waals surface area contributed by atoms with Crippen LogP contribution in [0.4, 0.5) is 16.2 Å². The van der Waals surface area contributed by atoms with Gasteiger partial charge in [0.15, 0.2) is 0 Å². The van der Waals surface area contributed by atoms with Gasteiger partial charge in [-0.05, 0) is 78.7 Å². The molecule has 8 heteroatoms. The van der Waals surface area contributed by atoms with Crippen LogP contribution in [0.2, 0.25) is 5.02 Å². The largest absolute Gasteiger partial charge is 0.397 e. The molecule has 3 amide bonds. The van der Waals surface area contributed by atoms with Gasteiger partial charge in [0.2, 0.25) is 0 Å². The van der Waals surface area contributed by atoms with E-state index in [0.717, 1.165) is 31.5 Å². The molecule has 1 fully saturated rings. The summed E-state index contributed by atoms with van der Waals surface area (Å²) in [4.78, 5) is 24.5. The van der Waals surface area contributed by atoms with Crippen molar-refractivity contribution in [3.63, 3.8) is 0 Å². The second-order valence-electron chi connectivity index (χ2n) is 8.87. The molecule has 0 aromatic heterocycles. The molecular formula is C27H30ClN5O2. The number of nitrogens with two attached hydrogens (primary N) is 2. The van der Waals surface area contributed by atoms with Crippen molar-refractivity contribution in [3.05, 3.63) is 94.5 Å². The molecule has 35 heavy (non-hydrogen) atoms. The Morgan fingerprint density at radius 2 is 1.74 bits per heavy atom. The maximum absolute atomic E-state index is 12.7. The molecule has 0 bridgehead atoms. The van der Waals surface area contributed by atoms with Gasteiger partial charge in [-0.25, -0.2) is 4.79 Å². The summed E-state index contributed by atoms with van der Waals surface area (Å²) >= 11 is 6.08. The Morgan fingerprint density at radius 3 is 2.43 bits per heavy atom. The van der Waals surface area contributed by atoms with Gasteiger partial charge >= 0.3 is 6.03 Å². The molecular weight excluding hydrogens is 462 g/mol. The highest BCUT2D eigenvalue weighted by atomic mass is 35.5. The first-order chi connectivity index (χ1) is 16.9. The lowest BCUT2D eigenvalue weighted by atomic mass is 9.77. The number of benzene rings is 3. The lowest BCUT2D eigenvalue weighted by Crippen LogP contribution is -2.39. The SMILES string of the molecule is NC(=O)NC(CC1CCNCC1c1ccc(Cl)cc1)c1ccc(C(=O)Nc2ccccc2N)cc1. The van der Waals surface area contributed by atoms with Gasteiger partial charge in [0.25, 0.3) is 5.91 Å². The molecule has 1 heterocycles. The highest BCUT2D eigenvalue weighted by Crippen LogP contribution is 2.36. The monoisotopic (exact) mass is 491 g/mol. The van der Waals surface area contributed by atoms with Gasteiger partial charge in [-0.15, -0.1) is 0 Å². The van der Waals surface area contributed by atoms with E-state index in [4.69, 9.17) is 23.1 Å². The average Bonchev–Trinajstić information content (AvgIpc) is 2.86. The highest BCUT2D eigenvalue weighted by Gasteiger charge is 2.30. The van der Waals surface area contributed by atoms with Crippen molar-refractivity contribution >= 4 is 34.9 Å². The van der Waals surface area contributed by atoms with Gasteiger partial charge in [-0.1, -0.05) is 48.0 Å². The van der Waals surface area contributed by atoms with Crippen molar-refractivity contribution in [2.45, 2.75) is 24.8 Å². The minimum Gasteiger partial charge on any atom is -0.397 e. The Balaban J connectivity index is 1.50. The van der Waals surface area contributed by atoms with E-state index in [1.807, 2.05) is 36.4 Å². The minimum absolute atomic E-state index is 0.255. The Hall–Kier alpha value is -3.55. The lowest BCUT2D eigenvalue weighted by molar-refractivity contribution is 0.102. The number of nitrogens with one attached hydrogen (secondary N) is 3. The summed E-state index contributed by atoms with van der Waals surface area (Å²) in [5, 5.41) is 9.92. The number of anilines is 2. The van der Waals surface area contributed by atoms with E-state index in [0.29, 0.717) is 33.8 Å². The van der Waals surface area contributed by atoms with Crippen molar-refractivity contribution in [1.82, 2.24) is 10.6 Å². The zero-order valence-corrected chi connectivity index (χ0v) is 20.1. The van der Waals surface area contributed by atoms with Crippen LogP contribution in [0.15, 0.2) is 72.8 Å². The molecule has 0 radical (unpaired) electrons. The van der Waals surface area contributed by atoms with Gasteiger partial charge in [0.1, 0.15) is 0 Å². The van der Waals surface area contributed by atoms with E-state index >= 15 is 0 Å². The molecule has 7 nitrogen and oxygen atoms in total. The minimum atomic E-state index is -0.576. The van der Waals surface area contributed by atoms with Crippen LogP contribution in [-0.4, -0.2) is 25.0 Å². The molecule has 1 aliphatic rings. The third kappa shape index (κ3) is 6.32. The van der Waals surface area contributed by atoms with E-state index in [2.05, 4.69) is 28.1 Å². The van der Waals surface area contributed by atoms with Crippen molar-refractivity contribution in [1.29, 1.82) is 0 Å². The van der Waals surface area contributed by atoms with Gasteiger partial charge in [-0.2, -0.15) is 0 Å². The zero-order chi connectivity index (χ0) is 24.8. The molecule has 3 atom stereocenters. The molecule has 182 valence electrons. The Labute approximate surface area is 210 Å². The summed E-state index contributed by atoms with van der Waals surface area (Å²) in [6.07, 6.45) is 1.70. The topological polar surface area (TPSA) is 122 Å². The summed E-state index contributed by atoms with van der Waals surface area (Å²) < 4.78 is 0. The lowest BCUT2D eigenvalue weighted by Gasteiger charge is -2.35. The predicted octanol–water partition coefficient (Wildman–Crippen LogP) is 4.67. The normalized spacial score (nSPS) is 18.4. The van der Waals surface area contributed by atoms with Crippen molar-refractivity contribution in [2.24, 2.45) is 11.7 Å². The first-order valence-corrected chi connectivity index (χ1v) is 12.1. The Kier molecular flexibility index (Phi) is 7.90. The standard InChI is InChI=1S/C27H30ClN5O2/c28-21-11-9-17(10-12-21)22-16-31-14-13-20(22)15-25(33-27(30)35)18-5-7-19(8-6-18)26(34)32-24-4-2-1-3-23(24)29/h1-12,20,22,25,31H,13-16,29H2,(H,32,34)(H3,30,33,35). The first-order valence-electron chi connectivity index (χ1n) is 11.7. The summed E-state index contributed by atoms with van der Waals surface area (Å²) in [6, 6.07) is 21.4. The third-order valence-corrected chi connectivity index (χ3v) is 6.81. The van der Waals surface area contributed by atoms with E-state index in [1.54, 1.807) is 24.3 Å². The van der Waals surface area contributed by atoms with Crippen LogP contribution in [0.5, 0.6) is 0 Å². The summed E-state index contributed by atoms with van der Waals surface area (Å²) in [6.45, 7) is 1.77. The predicted molar refractivity (Wildman–Crippen MR) is 140 cm³/mol. The number of carbonyl (C=O) groups excluding carboxylic acids is 2. The zero-order valence-electron chi connectivity index (χ0n) is 19.3. The second-order valence-corrected chi connectivity index (χ2v) is 9.31. The molecule has 3 aromatic carbocycles. The van der Waals surface area contributed by atoms with E-state index in [1.165, 1.54) is 5.56 Å². The fourth-order valence-corrected chi connectivity index (χ4v) is 4.85. The van der Waals surface area contributed by atoms with Gasteiger partial charge in [-0.3, -0.25) is 4.79 Å². The molecule has 7 N–H and O–H groups in total. The first kappa shape index (κ1) is 24.6. The maximum atomic E-state index is 12.7. The number of hydrogen-bond acceptors (Lipinski definition) is 4. The van der Waals surface area contributed by atoms with Crippen molar-refractivity contribution in [3.8, 4) is 0 Å². The van der Waals surface area contributed by atoms with E-state index < -0.39 is 6.03 Å². The highest BCUT2D eigenvalue weighted by molar-refractivity contribution is 6.30. The summed E-state index contributed by atoms with van der Waals surface area (Å²) in [5.74, 6) is 0.368. The van der Waals surface area contributed by atoms with Crippen LogP contribution in [-0.2, 0) is 0 Å². The number of urea groups is 1. The summed E-state index contributed by atoms with van der Waals surface area (Å²) in [5.41, 5.74) is 15.1. The Bertz CT molecular complexity index is 1170. The number of piperidine rings is 1. The number of nitrogen functional groups attached to an aromatic ring is 1. The van der Waals surface area contributed by atoms with E-state index in [9.17, 15) is 9.59 Å². The second kappa shape index (κ2) is 11.3. The maximum Gasteiger partial charge on any atom is 0.312 e. The fourth-order valence-electron chi connectivity index (χ4n) is 4.72. The number of primary amides is 1. The molecule has 0 spiro atoms. The third-order valence-electron chi connectivity index (χ3n) is 6.56. The molecule has 1 saturated heterocycles. The van der Waals surface area contributed by atoms with Crippen LogP contribution in [0.25, 0.3) is 0 Å². The number of rotatable bonds is 7. The van der Waals surface area contributed by atoms with Crippen molar-refractivity contribution < 1.29 is 9.59 Å². The van der Waals surface area contributed by atoms with Crippen LogP contribution in [0.1, 0.15) is 46.3 Å². The number of para-hydroxylation sites is 2. The van der Waals surface area contributed by atoms with Gasteiger partial charge in [0, 0.05) is 17.1 Å². The van der Waals surface area contributed by atoms with Gasteiger partial charge < -0.3 is 27.4 Å². The number of carbonyl (C=O) groups is 2. The molecule has 3 unspecified atom stereocenters. The van der Waals surface area contributed by atoms with Crippen LogP contribution in [0.3, 0.4) is 0 Å². The number of hydrogen-bond donors (Lipinski definition) is 5. The van der Waals surface area contributed by atoms with Crippen molar-refractivity contribution in [2.75, 3.05) is 24.1 Å². The van der Waals surface area contributed by atoms with Crippen LogP contribution in [0, 0.1) is 5.92 Å². The quantitative estimate of drug-likeness (QED) is 0.308. The fraction of sp³-hybridized carbons (Fsp3) is 0.259. The molecule has 3 aromatic rings. The van der Waals surface area contributed by atoms with E-state index in [-0.39, 0.29) is 11.9 Å². The number of amides is 3. The van der Waals surface area contributed by atoms with Gasteiger partial charge in [0.05, 0.1) is 17.4 Å². The molecule has 4 rings (SSSR count). The number of halogens is 1. The molecule has 1 aliphatic heterocycles.